The molecule has 0 aromatic carbocycles. The van der Waals surface area contributed by atoms with E-state index in [9.17, 15) is 23.5 Å². The summed E-state index contributed by atoms with van der Waals surface area (Å²) in [5.74, 6) is -5.90. The number of alkyl halides is 2. The van der Waals surface area contributed by atoms with Crippen molar-refractivity contribution in [1.82, 2.24) is 5.32 Å². The zero-order valence-corrected chi connectivity index (χ0v) is 12.4. The van der Waals surface area contributed by atoms with Gasteiger partial charge >= 0.3 is 12.1 Å². The van der Waals surface area contributed by atoms with E-state index in [2.05, 4.69) is 5.32 Å². The zero-order valence-electron chi connectivity index (χ0n) is 12.4. The molecule has 2 N–H and O–H groups in total. The van der Waals surface area contributed by atoms with Crippen LogP contribution in [0.15, 0.2) is 0 Å². The molecule has 2 atom stereocenters. The summed E-state index contributed by atoms with van der Waals surface area (Å²) in [6, 6.07) is 0. The van der Waals surface area contributed by atoms with Crippen molar-refractivity contribution >= 4 is 12.1 Å². The van der Waals surface area contributed by atoms with Gasteiger partial charge in [-0.2, -0.15) is 0 Å². The van der Waals surface area contributed by atoms with E-state index in [1.165, 1.54) is 0 Å². The SMILES string of the molecule is CC(C)(C)OC(=O)NC1(C(=O)O)CC1C(F)(F)CC1CC1. The number of ether oxygens (including phenoxy) is 1. The minimum absolute atomic E-state index is 0.0198. The predicted octanol–water partition coefficient (Wildman–Crippen LogP) is 2.79. The van der Waals surface area contributed by atoms with E-state index in [0.29, 0.717) is 0 Å². The average molecular weight is 305 g/mol. The van der Waals surface area contributed by atoms with E-state index in [-0.39, 0.29) is 18.8 Å². The summed E-state index contributed by atoms with van der Waals surface area (Å²) in [6.07, 6.45) is -0.0112. The van der Waals surface area contributed by atoms with E-state index in [4.69, 9.17) is 4.74 Å². The Labute approximate surface area is 122 Å². The fourth-order valence-electron chi connectivity index (χ4n) is 2.54. The maximum atomic E-state index is 14.1. The zero-order chi connectivity index (χ0) is 16.1. The third-order valence-electron chi connectivity index (χ3n) is 3.83. The van der Waals surface area contributed by atoms with Gasteiger partial charge < -0.3 is 15.2 Å². The van der Waals surface area contributed by atoms with Gasteiger partial charge in [-0.3, -0.25) is 0 Å². The van der Waals surface area contributed by atoms with Gasteiger partial charge in [0.15, 0.2) is 0 Å². The molecule has 2 fully saturated rings. The van der Waals surface area contributed by atoms with Crippen molar-refractivity contribution in [2.24, 2.45) is 11.8 Å². The number of carboxylic acids is 1. The molecule has 0 radical (unpaired) electrons. The lowest BCUT2D eigenvalue weighted by Crippen LogP contribution is -2.49. The van der Waals surface area contributed by atoms with Crippen LogP contribution in [0.4, 0.5) is 13.6 Å². The number of hydrogen-bond acceptors (Lipinski definition) is 3. The Kier molecular flexibility index (Phi) is 3.66. The number of carbonyl (C=O) groups is 2. The first-order valence-electron chi connectivity index (χ1n) is 7.09. The highest BCUT2D eigenvalue weighted by Crippen LogP contribution is 2.56. The Balaban J connectivity index is 2.03. The maximum Gasteiger partial charge on any atom is 0.408 e. The molecule has 21 heavy (non-hydrogen) atoms. The lowest BCUT2D eigenvalue weighted by Gasteiger charge is -2.24. The lowest BCUT2D eigenvalue weighted by molar-refractivity contribution is -0.143. The third-order valence-corrected chi connectivity index (χ3v) is 3.83. The number of carboxylic acid groups (broad SMARTS) is 1. The van der Waals surface area contributed by atoms with Gasteiger partial charge in [-0.1, -0.05) is 0 Å². The number of carbonyl (C=O) groups excluding carboxylic acids is 1. The molecule has 5 nitrogen and oxygen atoms in total. The molecule has 2 saturated carbocycles. The summed E-state index contributed by atoms with van der Waals surface area (Å²) < 4.78 is 33.1. The highest BCUT2D eigenvalue weighted by molar-refractivity contribution is 5.88. The van der Waals surface area contributed by atoms with Crippen molar-refractivity contribution in [3.8, 4) is 0 Å². The van der Waals surface area contributed by atoms with Crippen LogP contribution < -0.4 is 5.32 Å². The number of amides is 1. The Bertz CT molecular complexity index is 456. The van der Waals surface area contributed by atoms with E-state index in [0.717, 1.165) is 12.8 Å². The number of hydrogen-bond donors (Lipinski definition) is 2. The Hall–Kier alpha value is -1.40. The van der Waals surface area contributed by atoms with E-state index >= 15 is 0 Å². The van der Waals surface area contributed by atoms with Crippen molar-refractivity contribution in [2.75, 3.05) is 0 Å². The molecule has 0 heterocycles. The van der Waals surface area contributed by atoms with Crippen molar-refractivity contribution in [3.63, 3.8) is 0 Å². The summed E-state index contributed by atoms with van der Waals surface area (Å²) in [5, 5.41) is 11.4. The molecule has 0 saturated heterocycles. The molecule has 2 aliphatic rings. The van der Waals surface area contributed by atoms with Crippen LogP contribution in [-0.2, 0) is 9.53 Å². The van der Waals surface area contributed by atoms with Gasteiger partial charge in [0.1, 0.15) is 11.1 Å². The van der Waals surface area contributed by atoms with Gasteiger partial charge in [0, 0.05) is 6.42 Å². The minimum atomic E-state index is -3.07. The number of alkyl carbamates (subject to hydrolysis) is 1. The van der Waals surface area contributed by atoms with Gasteiger partial charge in [0.2, 0.25) is 0 Å². The summed E-state index contributed by atoms with van der Waals surface area (Å²) >= 11 is 0. The number of aliphatic carboxylic acids is 1. The van der Waals surface area contributed by atoms with Gasteiger partial charge in [0.25, 0.3) is 5.92 Å². The van der Waals surface area contributed by atoms with E-state index < -0.39 is 35.0 Å². The first-order valence-corrected chi connectivity index (χ1v) is 7.09. The molecule has 0 bridgehead atoms. The second-order valence-electron chi connectivity index (χ2n) is 7.07. The standard InChI is InChI=1S/C14H21F2NO4/c1-12(2,3)21-11(20)17-13(10(18)19)7-9(13)14(15,16)6-8-4-5-8/h8-9H,4-7H2,1-3H3,(H,17,20)(H,18,19). The van der Waals surface area contributed by atoms with Crippen LogP contribution in [0.25, 0.3) is 0 Å². The van der Waals surface area contributed by atoms with Crippen LogP contribution in [0.2, 0.25) is 0 Å². The highest BCUT2D eigenvalue weighted by Gasteiger charge is 2.71. The van der Waals surface area contributed by atoms with Crippen LogP contribution in [0.1, 0.15) is 46.5 Å². The molecule has 0 aliphatic heterocycles. The van der Waals surface area contributed by atoms with E-state index in [1.54, 1.807) is 20.8 Å². The average Bonchev–Trinajstić information content (AvgIpc) is 3.10. The Morgan fingerprint density at radius 2 is 1.90 bits per heavy atom. The fourth-order valence-corrected chi connectivity index (χ4v) is 2.54. The monoisotopic (exact) mass is 305 g/mol. The summed E-state index contributed by atoms with van der Waals surface area (Å²) in [5.41, 5.74) is -2.72. The van der Waals surface area contributed by atoms with Gasteiger partial charge in [-0.25, -0.2) is 18.4 Å². The molecular weight excluding hydrogens is 284 g/mol. The number of rotatable bonds is 5. The topological polar surface area (TPSA) is 75.6 Å². The van der Waals surface area contributed by atoms with E-state index in [1.807, 2.05) is 0 Å². The van der Waals surface area contributed by atoms with Crippen molar-refractivity contribution in [1.29, 1.82) is 0 Å². The first-order chi connectivity index (χ1) is 9.46. The van der Waals surface area contributed by atoms with Crippen LogP contribution in [0.5, 0.6) is 0 Å². The second kappa shape index (κ2) is 4.81. The fraction of sp³-hybridized carbons (Fsp3) is 0.857. The molecule has 2 rings (SSSR count). The molecule has 120 valence electrons. The number of nitrogens with one attached hydrogen (secondary N) is 1. The van der Waals surface area contributed by atoms with Crippen LogP contribution in [-0.4, -0.2) is 34.2 Å². The lowest BCUT2D eigenvalue weighted by atomic mass is 10.0. The molecule has 0 spiro atoms. The first kappa shape index (κ1) is 16.0. The Morgan fingerprint density at radius 1 is 1.33 bits per heavy atom. The molecule has 7 heteroatoms. The predicted molar refractivity (Wildman–Crippen MR) is 70.1 cm³/mol. The highest BCUT2D eigenvalue weighted by atomic mass is 19.3. The summed E-state index contributed by atoms with van der Waals surface area (Å²) in [7, 11) is 0. The number of halogens is 2. The van der Waals surface area contributed by atoms with Crippen LogP contribution in [0, 0.1) is 11.8 Å². The Morgan fingerprint density at radius 3 is 2.33 bits per heavy atom. The molecule has 2 unspecified atom stereocenters. The van der Waals surface area contributed by atoms with Crippen LogP contribution >= 0.6 is 0 Å². The normalized spacial score (nSPS) is 28.9. The quantitative estimate of drug-likeness (QED) is 0.819. The van der Waals surface area contributed by atoms with Gasteiger partial charge in [-0.15, -0.1) is 0 Å². The smallest absolute Gasteiger partial charge is 0.408 e. The second-order valence-corrected chi connectivity index (χ2v) is 7.07. The minimum Gasteiger partial charge on any atom is -0.479 e. The summed E-state index contributed by atoms with van der Waals surface area (Å²) in [6.45, 7) is 4.85. The molecule has 0 aromatic rings. The van der Waals surface area contributed by atoms with Crippen molar-refractivity contribution in [2.45, 2.75) is 63.5 Å². The maximum absolute atomic E-state index is 14.1. The van der Waals surface area contributed by atoms with Gasteiger partial charge in [0.05, 0.1) is 5.92 Å². The molecule has 2 aliphatic carbocycles. The largest absolute Gasteiger partial charge is 0.479 e. The van der Waals surface area contributed by atoms with Crippen molar-refractivity contribution in [3.05, 3.63) is 0 Å². The van der Waals surface area contributed by atoms with Crippen molar-refractivity contribution < 1.29 is 28.2 Å². The third kappa shape index (κ3) is 3.63. The van der Waals surface area contributed by atoms with Gasteiger partial charge in [-0.05, 0) is 46.0 Å². The molecular formula is C14H21F2NO4. The van der Waals surface area contributed by atoms with Crippen LogP contribution in [0.3, 0.4) is 0 Å². The molecule has 0 aromatic heterocycles. The molecule has 1 amide bonds. The summed E-state index contributed by atoms with van der Waals surface area (Å²) in [4.78, 5) is 23.0.